The molecule has 0 spiro atoms. The second kappa shape index (κ2) is 5.77. The fraction of sp³-hybridized carbons (Fsp3) is 0.833. The van der Waals surface area contributed by atoms with Crippen molar-refractivity contribution in [2.75, 3.05) is 26.5 Å². The molecule has 0 radical (unpaired) electrons. The van der Waals surface area contributed by atoms with Crippen LogP contribution in [0.2, 0.25) is 0 Å². The third-order valence-corrected chi connectivity index (χ3v) is 2.86. The lowest BCUT2D eigenvalue weighted by Crippen LogP contribution is -2.21. The molecule has 0 heterocycles. The Hall–Kier alpha value is 0.160. The predicted octanol–water partition coefficient (Wildman–Crippen LogP) is -0.0807. The predicted molar refractivity (Wildman–Crippen MR) is 51.8 cm³/mol. The zero-order valence-corrected chi connectivity index (χ0v) is 8.28. The highest BCUT2D eigenvalue weighted by Gasteiger charge is 2.05. The summed E-state index contributed by atoms with van der Waals surface area (Å²) in [5, 5.41) is 17.4. The molecule has 0 bridgehead atoms. The van der Waals surface area contributed by atoms with Crippen LogP contribution in [0.4, 0.5) is 0 Å². The molecule has 0 aromatic rings. The smallest absolute Gasteiger partial charge is 0.135 e. The molecular weight excluding hydrogens is 182 g/mol. The first kappa shape index (κ1) is 11.2. The van der Waals surface area contributed by atoms with Crippen LogP contribution in [0.1, 0.15) is 0 Å². The summed E-state index contributed by atoms with van der Waals surface area (Å²) in [5.41, 5.74) is 0. The molecule has 5 heteroatoms. The van der Waals surface area contributed by atoms with Gasteiger partial charge in [-0.15, -0.1) is 0 Å². The highest BCUT2D eigenvalue weighted by Crippen LogP contribution is 2.07. The molecule has 2 N–H and O–H groups in total. The van der Waals surface area contributed by atoms with E-state index in [1.165, 1.54) is 11.8 Å². The Labute approximate surface area is 76.4 Å². The standard InChI is InChI=1S/C6H13NO2S2/c1-7(2)6(10)11-4-5(9)3-8/h5,8-9H,3-4H2,1-2H3/t5-/m0/s1. The Morgan fingerprint density at radius 2 is 2.18 bits per heavy atom. The minimum Gasteiger partial charge on any atom is -0.394 e. The molecule has 3 nitrogen and oxygen atoms in total. The summed E-state index contributed by atoms with van der Waals surface area (Å²) in [5.74, 6) is 0.452. The first-order chi connectivity index (χ1) is 5.07. The molecule has 0 aromatic heterocycles. The fourth-order valence-electron chi connectivity index (χ4n) is 0.349. The van der Waals surface area contributed by atoms with Crippen LogP contribution in [0.25, 0.3) is 0 Å². The van der Waals surface area contributed by atoms with E-state index in [2.05, 4.69) is 0 Å². The summed E-state index contributed by atoms with van der Waals surface area (Å²) >= 11 is 6.30. The average Bonchev–Trinajstić information content (AvgIpc) is 1.99. The van der Waals surface area contributed by atoms with E-state index in [4.69, 9.17) is 22.4 Å². The van der Waals surface area contributed by atoms with E-state index in [0.29, 0.717) is 5.75 Å². The number of rotatable bonds is 3. The molecular formula is C6H13NO2S2. The molecule has 0 amide bonds. The summed E-state index contributed by atoms with van der Waals surface area (Å²) in [6.45, 7) is -0.205. The molecule has 0 saturated carbocycles. The van der Waals surface area contributed by atoms with Crippen molar-refractivity contribution in [1.82, 2.24) is 4.90 Å². The summed E-state index contributed by atoms with van der Waals surface area (Å²) in [7, 11) is 3.70. The first-order valence-corrected chi connectivity index (χ1v) is 4.60. The average molecular weight is 195 g/mol. The van der Waals surface area contributed by atoms with Gasteiger partial charge in [-0.1, -0.05) is 24.0 Å². The number of hydrogen-bond donors (Lipinski definition) is 2. The molecule has 11 heavy (non-hydrogen) atoms. The summed E-state index contributed by atoms with van der Waals surface area (Å²) < 4.78 is 0.720. The molecule has 0 aliphatic heterocycles. The van der Waals surface area contributed by atoms with Gasteiger partial charge in [0.05, 0.1) is 12.7 Å². The van der Waals surface area contributed by atoms with Crippen LogP contribution in [-0.4, -0.2) is 52.0 Å². The van der Waals surface area contributed by atoms with Crippen molar-refractivity contribution in [3.8, 4) is 0 Å². The molecule has 0 unspecified atom stereocenters. The number of thioether (sulfide) groups is 1. The van der Waals surface area contributed by atoms with Gasteiger partial charge in [-0.3, -0.25) is 0 Å². The number of aliphatic hydroxyl groups excluding tert-OH is 2. The third-order valence-electron chi connectivity index (χ3n) is 0.975. The van der Waals surface area contributed by atoms with E-state index >= 15 is 0 Å². The van der Waals surface area contributed by atoms with E-state index in [9.17, 15) is 0 Å². The molecule has 0 aromatic carbocycles. The number of nitrogens with zero attached hydrogens (tertiary/aromatic N) is 1. The molecule has 0 aliphatic rings. The third kappa shape index (κ3) is 5.43. The van der Waals surface area contributed by atoms with Crippen LogP contribution in [-0.2, 0) is 0 Å². The van der Waals surface area contributed by atoms with Crippen molar-refractivity contribution >= 4 is 28.3 Å². The van der Waals surface area contributed by atoms with Crippen molar-refractivity contribution in [2.24, 2.45) is 0 Å². The quantitative estimate of drug-likeness (QED) is 0.617. The van der Waals surface area contributed by atoms with E-state index in [0.717, 1.165) is 4.32 Å². The zero-order valence-electron chi connectivity index (χ0n) is 6.65. The Morgan fingerprint density at radius 3 is 2.55 bits per heavy atom. The number of hydrogen-bond acceptors (Lipinski definition) is 4. The Bertz CT molecular complexity index is 130. The van der Waals surface area contributed by atoms with Crippen LogP contribution in [0.15, 0.2) is 0 Å². The Balaban J connectivity index is 3.46. The van der Waals surface area contributed by atoms with E-state index < -0.39 is 6.10 Å². The lowest BCUT2D eigenvalue weighted by atomic mass is 10.4. The van der Waals surface area contributed by atoms with Gasteiger partial charge in [0.15, 0.2) is 0 Å². The first-order valence-electron chi connectivity index (χ1n) is 3.21. The molecule has 0 saturated heterocycles. The minimum absolute atomic E-state index is 0.205. The maximum absolute atomic E-state index is 8.94. The van der Waals surface area contributed by atoms with Gasteiger partial charge in [0.1, 0.15) is 4.32 Å². The van der Waals surface area contributed by atoms with Gasteiger partial charge in [-0.05, 0) is 0 Å². The lowest BCUT2D eigenvalue weighted by molar-refractivity contribution is 0.114. The molecule has 0 rings (SSSR count). The van der Waals surface area contributed by atoms with E-state index in [1.54, 1.807) is 4.90 Å². The second-order valence-electron chi connectivity index (χ2n) is 2.31. The van der Waals surface area contributed by atoms with Gasteiger partial charge in [0, 0.05) is 19.8 Å². The maximum atomic E-state index is 8.94. The van der Waals surface area contributed by atoms with Crippen molar-refractivity contribution in [1.29, 1.82) is 0 Å². The van der Waals surface area contributed by atoms with Crippen molar-refractivity contribution in [3.05, 3.63) is 0 Å². The molecule has 0 aliphatic carbocycles. The maximum Gasteiger partial charge on any atom is 0.135 e. The van der Waals surface area contributed by atoms with Gasteiger partial charge in [0.25, 0.3) is 0 Å². The van der Waals surface area contributed by atoms with Crippen LogP contribution in [0, 0.1) is 0 Å². The minimum atomic E-state index is -0.669. The van der Waals surface area contributed by atoms with Crippen LogP contribution >= 0.6 is 24.0 Å². The zero-order chi connectivity index (χ0) is 8.85. The Morgan fingerprint density at radius 1 is 1.64 bits per heavy atom. The summed E-state index contributed by atoms with van der Waals surface area (Å²) in [6.07, 6.45) is -0.669. The van der Waals surface area contributed by atoms with Crippen LogP contribution in [0.3, 0.4) is 0 Å². The molecule has 1 atom stereocenters. The SMILES string of the molecule is CN(C)C(=S)SC[C@@H](O)CO. The second-order valence-corrected chi connectivity index (χ2v) is 3.96. The van der Waals surface area contributed by atoms with Crippen LogP contribution < -0.4 is 0 Å². The topological polar surface area (TPSA) is 43.7 Å². The highest BCUT2D eigenvalue weighted by atomic mass is 32.2. The van der Waals surface area contributed by atoms with Crippen molar-refractivity contribution in [2.45, 2.75) is 6.10 Å². The van der Waals surface area contributed by atoms with Crippen molar-refractivity contribution < 1.29 is 10.2 Å². The lowest BCUT2D eigenvalue weighted by Gasteiger charge is -2.13. The number of aliphatic hydroxyl groups is 2. The van der Waals surface area contributed by atoms with Crippen molar-refractivity contribution in [3.63, 3.8) is 0 Å². The van der Waals surface area contributed by atoms with Gasteiger partial charge in [-0.25, -0.2) is 0 Å². The van der Waals surface area contributed by atoms with Gasteiger partial charge in [0.2, 0.25) is 0 Å². The fourth-order valence-corrected chi connectivity index (χ4v) is 1.25. The molecule has 0 fully saturated rings. The highest BCUT2D eigenvalue weighted by molar-refractivity contribution is 8.22. The van der Waals surface area contributed by atoms with Gasteiger partial charge < -0.3 is 15.1 Å². The van der Waals surface area contributed by atoms with Gasteiger partial charge in [-0.2, -0.15) is 0 Å². The summed E-state index contributed by atoms with van der Waals surface area (Å²) in [6, 6.07) is 0. The largest absolute Gasteiger partial charge is 0.394 e. The van der Waals surface area contributed by atoms with E-state index in [-0.39, 0.29) is 6.61 Å². The van der Waals surface area contributed by atoms with Crippen LogP contribution in [0.5, 0.6) is 0 Å². The monoisotopic (exact) mass is 195 g/mol. The van der Waals surface area contributed by atoms with Gasteiger partial charge >= 0.3 is 0 Å². The summed E-state index contributed by atoms with van der Waals surface area (Å²) in [4.78, 5) is 1.80. The number of thiocarbonyl (C=S) groups is 1. The molecule has 66 valence electrons. The Kier molecular flexibility index (Phi) is 5.85. The van der Waals surface area contributed by atoms with E-state index in [1.807, 2.05) is 14.1 Å². The normalized spacial score (nSPS) is 12.7.